The topological polar surface area (TPSA) is 141 Å². The second-order valence-electron chi connectivity index (χ2n) is 18.6. The molecular weight excluding hydrogens is 721 g/mol. The summed E-state index contributed by atoms with van der Waals surface area (Å²) in [5.41, 5.74) is -2.66. The first kappa shape index (κ1) is 44.9. The van der Waals surface area contributed by atoms with Gasteiger partial charge in [0.05, 0.1) is 53.1 Å². The number of nitrogens with zero attached hydrogens (tertiary/aromatic N) is 3. The molecule has 12 nitrogen and oxygen atoms in total. The molecule has 4 heterocycles. The van der Waals surface area contributed by atoms with Gasteiger partial charge in [0.1, 0.15) is 11.9 Å². The zero-order chi connectivity index (χ0) is 41.5. The van der Waals surface area contributed by atoms with Gasteiger partial charge >= 0.3 is 0 Å². The molecule has 2 amide bonds. The molecule has 318 valence electrons. The Bertz CT molecular complexity index is 1490. The van der Waals surface area contributed by atoms with Gasteiger partial charge in [0.2, 0.25) is 11.8 Å². The smallest absolute Gasteiger partial charge is 0.233 e. The van der Waals surface area contributed by atoms with Crippen molar-refractivity contribution in [3.05, 3.63) is 35.6 Å². The highest BCUT2D eigenvalue weighted by Crippen LogP contribution is 2.43. The van der Waals surface area contributed by atoms with Crippen molar-refractivity contribution in [1.29, 1.82) is 0 Å². The number of hydrogen-bond donors (Lipinski definition) is 3. The number of benzene rings is 1. The first-order valence-electron chi connectivity index (χ1n) is 20.7. The Labute approximate surface area is 334 Å². The number of halogens is 1. The van der Waals surface area contributed by atoms with E-state index in [9.17, 15) is 29.3 Å². The Balaban J connectivity index is 1.58. The van der Waals surface area contributed by atoms with Crippen molar-refractivity contribution in [2.45, 2.75) is 153 Å². The Morgan fingerprint density at radius 3 is 2.16 bits per heavy atom. The van der Waals surface area contributed by atoms with Crippen molar-refractivity contribution in [3.8, 4) is 0 Å². The average Bonchev–Trinajstić information content (AvgIpc) is 3.14. The van der Waals surface area contributed by atoms with Gasteiger partial charge in [-0.3, -0.25) is 9.59 Å². The molecule has 0 spiro atoms. The van der Waals surface area contributed by atoms with E-state index in [1.165, 1.54) is 12.1 Å². The zero-order valence-corrected chi connectivity index (χ0v) is 35.6. The van der Waals surface area contributed by atoms with E-state index in [0.717, 1.165) is 0 Å². The molecule has 6 rings (SSSR count). The van der Waals surface area contributed by atoms with Gasteiger partial charge in [-0.15, -0.1) is 0 Å². The van der Waals surface area contributed by atoms with Crippen molar-refractivity contribution in [3.63, 3.8) is 0 Å². The van der Waals surface area contributed by atoms with Crippen LogP contribution in [0.5, 0.6) is 0 Å². The highest BCUT2D eigenvalue weighted by atomic mass is 19.1. The van der Waals surface area contributed by atoms with Gasteiger partial charge in [0.25, 0.3) is 0 Å². The number of hydrogen-bond acceptors (Lipinski definition) is 10. The normalized spacial score (nSPS) is 43.5. The maximum atomic E-state index is 14.8. The maximum absolute atomic E-state index is 14.8. The lowest BCUT2D eigenvalue weighted by Gasteiger charge is -2.49. The third kappa shape index (κ3) is 9.15. The number of methoxy groups -OCH3 is 1. The number of carbonyl (C=O) groups excluding carboxylic acids is 2. The minimum Gasteiger partial charge on any atom is -0.390 e. The molecule has 56 heavy (non-hydrogen) atoms. The first-order chi connectivity index (χ1) is 26.1. The number of likely N-dealkylation sites (N-methyl/N-ethyl adjacent to an activating group) is 2. The molecule has 4 aliphatic heterocycles. The van der Waals surface area contributed by atoms with Crippen molar-refractivity contribution in [1.82, 2.24) is 14.7 Å². The van der Waals surface area contributed by atoms with Gasteiger partial charge in [-0.05, 0) is 96.5 Å². The second kappa shape index (κ2) is 17.6. The van der Waals surface area contributed by atoms with E-state index in [-0.39, 0.29) is 54.1 Å². The van der Waals surface area contributed by atoms with Crippen molar-refractivity contribution in [2.75, 3.05) is 47.9 Å². The summed E-state index contributed by atoms with van der Waals surface area (Å²) >= 11 is 0. The van der Waals surface area contributed by atoms with E-state index in [2.05, 4.69) is 0 Å². The SMILES string of the molecule is CO[C@]1(C)C[C@H](O[C@H]2[C@H](C)[C@@H](OC3O[C@H](C)C[C@H](N(C)C)[C@H]3O)[C@](C)(O)C[C@@H](C)CN(C)C(=O)C3(c4ccc(F)cc4)CCN(CC3)C(=O)[C@@H]2C)C[C@@H](C)[C@@H]1O. The second-order valence-corrected chi connectivity index (χ2v) is 18.6. The Hall–Kier alpha value is -2.23. The lowest BCUT2D eigenvalue weighted by molar-refractivity contribution is -0.301. The molecule has 5 aliphatic rings. The predicted molar refractivity (Wildman–Crippen MR) is 210 cm³/mol. The van der Waals surface area contributed by atoms with Gasteiger partial charge < -0.3 is 49.0 Å². The van der Waals surface area contributed by atoms with Crippen LogP contribution in [-0.2, 0) is 34.0 Å². The highest BCUT2D eigenvalue weighted by Gasteiger charge is 2.52. The van der Waals surface area contributed by atoms with Crippen LogP contribution in [0.4, 0.5) is 4.39 Å². The third-order valence-electron chi connectivity index (χ3n) is 13.7. The van der Waals surface area contributed by atoms with Gasteiger partial charge in [-0.1, -0.05) is 39.8 Å². The lowest BCUT2D eigenvalue weighted by Crippen LogP contribution is -2.60. The van der Waals surface area contributed by atoms with Gasteiger partial charge in [-0.25, -0.2) is 4.39 Å². The average molecular weight is 792 g/mol. The van der Waals surface area contributed by atoms with Crippen molar-refractivity contribution in [2.24, 2.45) is 23.7 Å². The molecule has 1 aliphatic carbocycles. The Morgan fingerprint density at radius 2 is 1.57 bits per heavy atom. The fraction of sp³-hybridized carbons (Fsp3) is 0.814. The maximum Gasteiger partial charge on any atom is 0.233 e. The van der Waals surface area contributed by atoms with Crippen molar-refractivity contribution < 1.29 is 48.2 Å². The molecule has 14 atom stereocenters. The zero-order valence-electron chi connectivity index (χ0n) is 35.6. The van der Waals surface area contributed by atoms with Crippen LogP contribution in [-0.4, -0.2) is 150 Å². The molecule has 2 bridgehead atoms. The largest absolute Gasteiger partial charge is 0.390 e. The van der Waals surface area contributed by atoms with Crippen LogP contribution in [0.1, 0.15) is 92.6 Å². The summed E-state index contributed by atoms with van der Waals surface area (Å²) in [5, 5.41) is 35.4. The molecule has 5 fully saturated rings. The number of ether oxygens (including phenoxy) is 4. The number of fused-ring (bicyclic) bond motifs is 12. The summed E-state index contributed by atoms with van der Waals surface area (Å²) < 4.78 is 40.2. The van der Waals surface area contributed by atoms with E-state index in [4.69, 9.17) is 18.9 Å². The summed E-state index contributed by atoms with van der Waals surface area (Å²) in [4.78, 5) is 34.8. The summed E-state index contributed by atoms with van der Waals surface area (Å²) in [7, 11) is 7.16. The van der Waals surface area contributed by atoms with E-state index in [1.54, 1.807) is 43.0 Å². The van der Waals surface area contributed by atoms with Gasteiger partial charge in [0.15, 0.2) is 6.29 Å². The minimum atomic E-state index is -1.55. The van der Waals surface area contributed by atoms with E-state index < -0.39 is 59.2 Å². The molecule has 3 N–H and O–H groups in total. The van der Waals surface area contributed by atoms with Crippen LogP contribution in [0.25, 0.3) is 0 Å². The Morgan fingerprint density at radius 1 is 0.946 bits per heavy atom. The van der Waals surface area contributed by atoms with E-state index >= 15 is 0 Å². The first-order valence-corrected chi connectivity index (χ1v) is 20.7. The summed E-state index contributed by atoms with van der Waals surface area (Å²) in [5.74, 6) is -2.32. The number of amides is 2. The molecule has 1 unspecified atom stereocenters. The summed E-state index contributed by atoms with van der Waals surface area (Å²) in [6.45, 7) is 14.2. The number of aliphatic hydroxyl groups is 3. The fourth-order valence-electron chi connectivity index (χ4n) is 10.6. The van der Waals surface area contributed by atoms with Crippen LogP contribution in [0, 0.1) is 29.5 Å². The van der Waals surface area contributed by atoms with Crippen molar-refractivity contribution >= 4 is 11.8 Å². The van der Waals surface area contributed by atoms with Gasteiger partial charge in [0, 0.05) is 52.2 Å². The van der Waals surface area contributed by atoms with Crippen LogP contribution in [0.2, 0.25) is 0 Å². The quantitative estimate of drug-likeness (QED) is 0.372. The highest BCUT2D eigenvalue weighted by molar-refractivity contribution is 5.89. The molecule has 1 saturated carbocycles. The number of piperidine rings is 1. The number of aliphatic hydroxyl groups excluding tert-OH is 2. The molecule has 1 aromatic carbocycles. The van der Waals surface area contributed by atoms with Crippen LogP contribution in [0.15, 0.2) is 24.3 Å². The molecule has 1 aromatic rings. The molecule has 0 radical (unpaired) electrons. The fourth-order valence-corrected chi connectivity index (χ4v) is 10.6. The van der Waals surface area contributed by atoms with Gasteiger partial charge in [-0.2, -0.15) is 0 Å². The minimum absolute atomic E-state index is 0.106. The number of carbonyl (C=O) groups is 2. The van der Waals surface area contributed by atoms with Crippen LogP contribution in [0.3, 0.4) is 0 Å². The van der Waals surface area contributed by atoms with E-state index in [0.29, 0.717) is 57.3 Å². The Kier molecular flexibility index (Phi) is 14.1. The molecule has 0 aromatic heterocycles. The molecular formula is C43H70FN3O9. The van der Waals surface area contributed by atoms with Crippen LogP contribution >= 0.6 is 0 Å². The van der Waals surface area contributed by atoms with Crippen LogP contribution < -0.4 is 0 Å². The standard InChI is InChI=1S/C43H70FN3O9/c1-25-22-41(6,52)37(56-39-34(48)33(45(8)9)21-27(3)54-39)28(4)35(55-32-20-26(2)36(49)42(7,23-32)53-11)29(5)38(50)47-18-16-43(17-19-47,40(51)46(10)24-25)30-12-14-31(44)15-13-30/h12-15,25-29,32-37,39,48-49,52H,16-24H2,1-11H3/t25-,26-,27-,28+,29-,32-,33+,34-,35+,36+,37-,39?,41-,42-/m1/s1. The summed E-state index contributed by atoms with van der Waals surface area (Å²) in [6.07, 6.45) is -2.71. The predicted octanol–water partition coefficient (Wildman–Crippen LogP) is 3.97. The molecule has 4 saturated heterocycles. The number of rotatable bonds is 7. The molecule has 13 heteroatoms. The van der Waals surface area contributed by atoms with E-state index in [1.807, 2.05) is 60.5 Å². The third-order valence-corrected chi connectivity index (χ3v) is 13.7. The lowest BCUT2D eigenvalue weighted by atomic mass is 9.71. The summed E-state index contributed by atoms with van der Waals surface area (Å²) in [6, 6.07) is 5.86. The monoisotopic (exact) mass is 792 g/mol.